The molecule has 0 aliphatic heterocycles. The zero-order valence-corrected chi connectivity index (χ0v) is 10.3. The normalized spacial score (nSPS) is 37.2. The highest BCUT2D eigenvalue weighted by Crippen LogP contribution is 2.34. The highest BCUT2D eigenvalue weighted by molar-refractivity contribution is 4.95. The molecule has 2 aliphatic carbocycles. The van der Waals surface area contributed by atoms with Crippen LogP contribution in [0.25, 0.3) is 0 Å². The number of hydrogen-bond acceptors (Lipinski definition) is 2. The fourth-order valence-electron chi connectivity index (χ4n) is 3.19. The van der Waals surface area contributed by atoms with Crippen molar-refractivity contribution in [2.45, 2.75) is 64.0 Å². The molecule has 0 saturated heterocycles. The average Bonchev–Trinajstić information content (AvgIpc) is 2.97. The Morgan fingerprint density at radius 1 is 1.33 bits per heavy atom. The maximum absolute atomic E-state index is 6.55. The van der Waals surface area contributed by atoms with E-state index in [9.17, 15) is 0 Å². The van der Waals surface area contributed by atoms with Crippen LogP contribution in [-0.2, 0) is 0 Å². The molecule has 0 spiro atoms. The largest absolute Gasteiger partial charge is 0.324 e. The van der Waals surface area contributed by atoms with Crippen LogP contribution in [0.4, 0.5) is 0 Å². The molecule has 15 heavy (non-hydrogen) atoms. The summed E-state index contributed by atoms with van der Waals surface area (Å²) in [5.74, 6) is 0.835. The van der Waals surface area contributed by atoms with Gasteiger partial charge in [0.25, 0.3) is 0 Å². The molecule has 2 unspecified atom stereocenters. The molecule has 88 valence electrons. The van der Waals surface area contributed by atoms with Crippen molar-refractivity contribution in [2.75, 3.05) is 13.1 Å². The van der Waals surface area contributed by atoms with Gasteiger partial charge in [0, 0.05) is 18.1 Å². The number of hydrogen-bond donors (Lipinski definition) is 1. The maximum Gasteiger partial charge on any atom is 0.0286 e. The first-order valence-corrected chi connectivity index (χ1v) is 6.66. The molecule has 2 nitrogen and oxygen atoms in total. The van der Waals surface area contributed by atoms with E-state index in [-0.39, 0.29) is 5.54 Å². The Kier molecular flexibility index (Phi) is 3.36. The standard InChI is InChI=1S/C13H26N2/c1-3-15(12-6-7-12)10-13(14)8-4-5-11(2)9-13/h11-12H,3-10,14H2,1-2H3. The summed E-state index contributed by atoms with van der Waals surface area (Å²) < 4.78 is 0. The second kappa shape index (κ2) is 4.42. The van der Waals surface area contributed by atoms with Crippen LogP contribution >= 0.6 is 0 Å². The fourth-order valence-corrected chi connectivity index (χ4v) is 3.19. The van der Waals surface area contributed by atoms with Crippen molar-refractivity contribution in [3.63, 3.8) is 0 Å². The van der Waals surface area contributed by atoms with Crippen molar-refractivity contribution in [3.05, 3.63) is 0 Å². The van der Waals surface area contributed by atoms with E-state index < -0.39 is 0 Å². The van der Waals surface area contributed by atoms with Crippen LogP contribution < -0.4 is 5.73 Å². The van der Waals surface area contributed by atoms with Crippen LogP contribution in [0, 0.1) is 5.92 Å². The van der Waals surface area contributed by atoms with E-state index in [0.717, 1.165) is 18.5 Å². The first-order chi connectivity index (χ1) is 7.13. The minimum atomic E-state index is 0.121. The molecule has 0 heterocycles. The third kappa shape index (κ3) is 2.94. The zero-order chi connectivity index (χ0) is 10.9. The lowest BCUT2D eigenvalue weighted by atomic mass is 9.77. The molecule has 0 aromatic carbocycles. The molecule has 2 N–H and O–H groups in total. The molecule has 0 aromatic rings. The summed E-state index contributed by atoms with van der Waals surface area (Å²) in [6, 6.07) is 0.868. The number of nitrogens with two attached hydrogens (primary N) is 1. The number of rotatable bonds is 4. The molecular formula is C13H26N2. The second-order valence-electron chi connectivity index (χ2n) is 5.86. The van der Waals surface area contributed by atoms with Gasteiger partial charge >= 0.3 is 0 Å². The molecule has 0 aromatic heterocycles. The van der Waals surface area contributed by atoms with Crippen molar-refractivity contribution in [1.29, 1.82) is 0 Å². The van der Waals surface area contributed by atoms with Gasteiger partial charge in [-0.15, -0.1) is 0 Å². The predicted octanol–water partition coefficient (Wildman–Crippen LogP) is 2.38. The van der Waals surface area contributed by atoms with E-state index in [0.29, 0.717) is 0 Å². The van der Waals surface area contributed by atoms with Gasteiger partial charge in [-0.05, 0) is 38.1 Å². The Labute approximate surface area is 94.2 Å². The van der Waals surface area contributed by atoms with E-state index in [2.05, 4.69) is 18.7 Å². The Morgan fingerprint density at radius 2 is 2.07 bits per heavy atom. The molecule has 2 aliphatic rings. The Hall–Kier alpha value is -0.0800. The van der Waals surface area contributed by atoms with Crippen LogP contribution in [0.3, 0.4) is 0 Å². The molecule has 2 rings (SSSR count). The minimum absolute atomic E-state index is 0.121. The van der Waals surface area contributed by atoms with Crippen LogP contribution in [0.15, 0.2) is 0 Å². The SMILES string of the molecule is CCN(CC1(N)CCCC(C)C1)C1CC1. The van der Waals surface area contributed by atoms with E-state index in [1.165, 1.54) is 45.1 Å². The van der Waals surface area contributed by atoms with Crippen LogP contribution in [-0.4, -0.2) is 29.6 Å². The van der Waals surface area contributed by atoms with Crippen LogP contribution in [0.1, 0.15) is 52.4 Å². The summed E-state index contributed by atoms with van der Waals surface area (Å²) in [5.41, 5.74) is 6.67. The monoisotopic (exact) mass is 210 g/mol. The maximum atomic E-state index is 6.55. The van der Waals surface area contributed by atoms with E-state index in [4.69, 9.17) is 5.73 Å². The topological polar surface area (TPSA) is 29.3 Å². The number of likely N-dealkylation sites (N-methyl/N-ethyl adjacent to an activating group) is 1. The first kappa shape index (κ1) is 11.4. The lowest BCUT2D eigenvalue weighted by Gasteiger charge is -2.40. The van der Waals surface area contributed by atoms with Gasteiger partial charge in [0.1, 0.15) is 0 Å². The quantitative estimate of drug-likeness (QED) is 0.772. The second-order valence-corrected chi connectivity index (χ2v) is 5.86. The third-order valence-corrected chi connectivity index (χ3v) is 4.11. The summed E-state index contributed by atoms with van der Waals surface area (Å²) in [7, 11) is 0. The smallest absolute Gasteiger partial charge is 0.0286 e. The van der Waals surface area contributed by atoms with E-state index >= 15 is 0 Å². The van der Waals surface area contributed by atoms with Gasteiger partial charge in [-0.25, -0.2) is 0 Å². The Morgan fingerprint density at radius 3 is 2.60 bits per heavy atom. The Balaban J connectivity index is 1.89. The predicted molar refractivity (Wildman–Crippen MR) is 64.8 cm³/mol. The zero-order valence-electron chi connectivity index (χ0n) is 10.3. The number of nitrogens with zero attached hydrogens (tertiary/aromatic N) is 1. The lowest BCUT2D eigenvalue weighted by Crippen LogP contribution is -2.53. The highest BCUT2D eigenvalue weighted by atomic mass is 15.2. The van der Waals surface area contributed by atoms with Gasteiger partial charge in [0.05, 0.1) is 0 Å². The molecule has 0 radical (unpaired) electrons. The van der Waals surface area contributed by atoms with Crippen LogP contribution in [0.5, 0.6) is 0 Å². The Bertz CT molecular complexity index is 213. The highest BCUT2D eigenvalue weighted by Gasteiger charge is 2.36. The van der Waals surface area contributed by atoms with E-state index in [1.54, 1.807) is 0 Å². The summed E-state index contributed by atoms with van der Waals surface area (Å²) >= 11 is 0. The summed E-state index contributed by atoms with van der Waals surface area (Å²) in [6.07, 6.45) is 7.99. The van der Waals surface area contributed by atoms with E-state index in [1.807, 2.05) is 0 Å². The van der Waals surface area contributed by atoms with Crippen molar-refractivity contribution in [3.8, 4) is 0 Å². The van der Waals surface area contributed by atoms with Crippen molar-refractivity contribution >= 4 is 0 Å². The molecule has 2 saturated carbocycles. The average molecular weight is 210 g/mol. The molecule has 0 amide bonds. The minimum Gasteiger partial charge on any atom is -0.324 e. The van der Waals surface area contributed by atoms with Gasteiger partial charge in [-0.3, -0.25) is 4.90 Å². The summed E-state index contributed by atoms with van der Waals surface area (Å²) in [4.78, 5) is 2.61. The fraction of sp³-hybridized carbons (Fsp3) is 1.00. The molecule has 2 heteroatoms. The molecule has 2 fully saturated rings. The van der Waals surface area contributed by atoms with Gasteiger partial charge in [-0.2, -0.15) is 0 Å². The first-order valence-electron chi connectivity index (χ1n) is 6.66. The van der Waals surface area contributed by atoms with Gasteiger partial charge < -0.3 is 5.73 Å². The van der Waals surface area contributed by atoms with Gasteiger partial charge in [0.15, 0.2) is 0 Å². The molecule has 0 bridgehead atoms. The van der Waals surface area contributed by atoms with Gasteiger partial charge in [0.2, 0.25) is 0 Å². The van der Waals surface area contributed by atoms with Crippen molar-refractivity contribution in [1.82, 2.24) is 4.90 Å². The summed E-state index contributed by atoms with van der Waals surface area (Å²) in [6.45, 7) is 6.94. The van der Waals surface area contributed by atoms with Crippen molar-refractivity contribution in [2.24, 2.45) is 11.7 Å². The summed E-state index contributed by atoms with van der Waals surface area (Å²) in [5, 5.41) is 0. The molecular weight excluding hydrogens is 184 g/mol. The lowest BCUT2D eigenvalue weighted by molar-refractivity contribution is 0.149. The molecule has 2 atom stereocenters. The van der Waals surface area contributed by atoms with Gasteiger partial charge in [-0.1, -0.05) is 26.7 Å². The van der Waals surface area contributed by atoms with Crippen LogP contribution in [0.2, 0.25) is 0 Å². The third-order valence-electron chi connectivity index (χ3n) is 4.11. The van der Waals surface area contributed by atoms with Crippen molar-refractivity contribution < 1.29 is 0 Å².